The van der Waals surface area contributed by atoms with Crippen molar-refractivity contribution >= 4 is 50.8 Å². The van der Waals surface area contributed by atoms with Gasteiger partial charge in [0.05, 0.1) is 26.8 Å². The number of carbonyl (C=O) groups excluding carboxylic acids is 1. The van der Waals surface area contributed by atoms with E-state index in [1.807, 2.05) is 47.6 Å². The van der Waals surface area contributed by atoms with E-state index in [0.29, 0.717) is 10.6 Å². The first-order valence-corrected chi connectivity index (χ1v) is 10.6. The molecule has 3 aromatic rings. The second-order valence-electron chi connectivity index (χ2n) is 6.02. The molecular formula is C19H17ClN2OS2. The monoisotopic (exact) mass is 388 g/mol. The molecule has 0 bridgehead atoms. The van der Waals surface area contributed by atoms with Gasteiger partial charge in [-0.05, 0) is 49.4 Å². The maximum Gasteiger partial charge on any atom is 0.256 e. The van der Waals surface area contributed by atoms with E-state index in [2.05, 4.69) is 6.07 Å². The number of halogens is 1. The average molecular weight is 389 g/mol. The topological polar surface area (TPSA) is 33.2 Å². The molecule has 0 saturated carbocycles. The van der Waals surface area contributed by atoms with Gasteiger partial charge in [-0.3, -0.25) is 4.79 Å². The molecule has 1 atom stereocenters. The smallest absolute Gasteiger partial charge is 0.256 e. The number of benzene rings is 2. The lowest BCUT2D eigenvalue weighted by atomic mass is 10.1. The molecule has 2 aromatic carbocycles. The molecule has 1 unspecified atom stereocenters. The Morgan fingerprint density at radius 3 is 2.96 bits per heavy atom. The van der Waals surface area contributed by atoms with E-state index >= 15 is 0 Å². The molecule has 0 spiro atoms. The fourth-order valence-corrected chi connectivity index (χ4v) is 5.00. The Kier molecular flexibility index (Phi) is 4.71. The molecule has 0 N–H and O–H groups in total. The van der Waals surface area contributed by atoms with Crippen LogP contribution in [0.1, 0.15) is 34.2 Å². The molecule has 3 nitrogen and oxygen atoms in total. The number of aromatic nitrogens is 1. The first-order chi connectivity index (χ1) is 12.2. The summed E-state index contributed by atoms with van der Waals surface area (Å²) in [6.07, 6.45) is 3.94. The first kappa shape index (κ1) is 16.9. The van der Waals surface area contributed by atoms with Crippen molar-refractivity contribution in [3.63, 3.8) is 0 Å². The maximum atomic E-state index is 13.1. The molecule has 0 aliphatic carbocycles. The summed E-state index contributed by atoms with van der Waals surface area (Å²) >= 11 is 9.61. The highest BCUT2D eigenvalue weighted by atomic mass is 35.5. The summed E-state index contributed by atoms with van der Waals surface area (Å²) in [5.74, 6) is 0.00246. The van der Waals surface area contributed by atoms with Gasteiger partial charge in [0.15, 0.2) is 0 Å². The van der Waals surface area contributed by atoms with Gasteiger partial charge in [0.1, 0.15) is 5.01 Å². The lowest BCUT2D eigenvalue weighted by Crippen LogP contribution is -2.30. The molecule has 1 fully saturated rings. The van der Waals surface area contributed by atoms with E-state index in [1.165, 1.54) is 4.70 Å². The molecule has 1 aliphatic heterocycles. The van der Waals surface area contributed by atoms with Gasteiger partial charge in [-0.25, -0.2) is 4.98 Å². The molecule has 1 saturated heterocycles. The predicted molar refractivity (Wildman–Crippen MR) is 106 cm³/mol. The number of hydrogen-bond acceptors (Lipinski definition) is 4. The Labute approximate surface area is 160 Å². The number of hydrogen-bond donors (Lipinski definition) is 0. The summed E-state index contributed by atoms with van der Waals surface area (Å²) in [5.41, 5.74) is 1.59. The van der Waals surface area contributed by atoms with Crippen molar-refractivity contribution in [2.24, 2.45) is 0 Å². The fourth-order valence-electron chi connectivity index (χ4n) is 3.25. The molecule has 0 radical (unpaired) electrons. The molecule has 1 amide bonds. The largest absolute Gasteiger partial charge is 0.329 e. The zero-order valence-electron chi connectivity index (χ0n) is 13.7. The van der Waals surface area contributed by atoms with Crippen molar-refractivity contribution < 1.29 is 4.79 Å². The Morgan fingerprint density at radius 1 is 1.32 bits per heavy atom. The summed E-state index contributed by atoms with van der Waals surface area (Å²) in [6.45, 7) is 0.749. The van der Waals surface area contributed by atoms with Crippen LogP contribution in [0.15, 0.2) is 47.4 Å². The fraction of sp³-hybridized carbons (Fsp3) is 0.263. The summed E-state index contributed by atoms with van der Waals surface area (Å²) in [6, 6.07) is 13.8. The predicted octanol–water partition coefficient (Wildman–Crippen LogP) is 5.65. The Bertz CT molecular complexity index is 907. The standard InChI is InChI=1S/C19H17ClN2OS2/c1-24-12-8-9-14(20)13(11-12)19(23)22-10-4-6-16(22)18-21-15-5-2-3-7-17(15)25-18/h2-3,5,7-9,11,16H,4,6,10H2,1H3. The summed E-state index contributed by atoms with van der Waals surface area (Å²) in [7, 11) is 0. The number of likely N-dealkylation sites (tertiary alicyclic amines) is 1. The molecule has 6 heteroatoms. The van der Waals surface area contributed by atoms with Gasteiger partial charge in [-0.1, -0.05) is 23.7 Å². The normalized spacial score (nSPS) is 17.4. The van der Waals surface area contributed by atoms with Crippen LogP contribution in [0, 0.1) is 0 Å². The minimum atomic E-state index is 0.00246. The van der Waals surface area contributed by atoms with Crippen molar-refractivity contribution in [3.8, 4) is 0 Å². The van der Waals surface area contributed by atoms with Crippen LogP contribution in [0.2, 0.25) is 5.02 Å². The molecule has 25 heavy (non-hydrogen) atoms. The van der Waals surface area contributed by atoms with Crippen molar-refractivity contribution in [1.29, 1.82) is 0 Å². The zero-order chi connectivity index (χ0) is 17.4. The van der Waals surface area contributed by atoms with Gasteiger partial charge >= 0.3 is 0 Å². The van der Waals surface area contributed by atoms with Crippen LogP contribution in [-0.2, 0) is 0 Å². The number of amides is 1. The minimum absolute atomic E-state index is 0.00246. The third-order valence-electron chi connectivity index (χ3n) is 4.51. The molecule has 4 rings (SSSR count). The summed E-state index contributed by atoms with van der Waals surface area (Å²) in [5, 5.41) is 1.53. The number of nitrogens with zero attached hydrogens (tertiary/aromatic N) is 2. The minimum Gasteiger partial charge on any atom is -0.329 e. The lowest BCUT2D eigenvalue weighted by Gasteiger charge is -2.23. The van der Waals surface area contributed by atoms with Crippen molar-refractivity contribution in [1.82, 2.24) is 9.88 Å². The van der Waals surface area contributed by atoms with Crippen LogP contribution in [0.5, 0.6) is 0 Å². The van der Waals surface area contributed by atoms with E-state index in [1.54, 1.807) is 23.1 Å². The summed E-state index contributed by atoms with van der Waals surface area (Å²) in [4.78, 5) is 20.9. The third kappa shape index (κ3) is 3.16. The Morgan fingerprint density at radius 2 is 2.16 bits per heavy atom. The first-order valence-electron chi connectivity index (χ1n) is 8.17. The Hall–Kier alpha value is -1.56. The molecule has 2 heterocycles. The number of thiazole rings is 1. The third-order valence-corrected chi connectivity index (χ3v) is 6.71. The van der Waals surface area contributed by atoms with Crippen LogP contribution in [0.4, 0.5) is 0 Å². The maximum absolute atomic E-state index is 13.1. The van der Waals surface area contributed by atoms with Crippen LogP contribution in [0.3, 0.4) is 0 Å². The molecule has 1 aromatic heterocycles. The zero-order valence-corrected chi connectivity index (χ0v) is 16.1. The second-order valence-corrected chi connectivity index (χ2v) is 8.37. The highest BCUT2D eigenvalue weighted by Crippen LogP contribution is 2.38. The lowest BCUT2D eigenvalue weighted by molar-refractivity contribution is 0.0735. The number of fused-ring (bicyclic) bond motifs is 1. The van der Waals surface area contributed by atoms with Gasteiger partial charge in [0.2, 0.25) is 0 Å². The van der Waals surface area contributed by atoms with E-state index in [0.717, 1.165) is 34.8 Å². The molecule has 1 aliphatic rings. The van der Waals surface area contributed by atoms with Crippen LogP contribution in [0.25, 0.3) is 10.2 Å². The SMILES string of the molecule is CSc1ccc(Cl)c(C(=O)N2CCCC2c2nc3ccccc3s2)c1. The Balaban J connectivity index is 1.68. The average Bonchev–Trinajstić information content (AvgIpc) is 3.28. The number of carbonyl (C=O) groups is 1. The van der Waals surface area contributed by atoms with Gasteiger partial charge < -0.3 is 4.90 Å². The van der Waals surface area contributed by atoms with E-state index in [9.17, 15) is 4.79 Å². The van der Waals surface area contributed by atoms with Gasteiger partial charge in [-0.15, -0.1) is 23.1 Å². The van der Waals surface area contributed by atoms with Gasteiger partial charge in [0, 0.05) is 11.4 Å². The van der Waals surface area contributed by atoms with E-state index in [4.69, 9.17) is 16.6 Å². The molecular weight excluding hydrogens is 372 g/mol. The van der Waals surface area contributed by atoms with E-state index < -0.39 is 0 Å². The van der Waals surface area contributed by atoms with E-state index in [-0.39, 0.29) is 11.9 Å². The quantitative estimate of drug-likeness (QED) is 0.543. The van der Waals surface area contributed by atoms with Gasteiger partial charge in [-0.2, -0.15) is 0 Å². The van der Waals surface area contributed by atoms with Crippen molar-refractivity contribution in [3.05, 3.63) is 58.1 Å². The highest BCUT2D eigenvalue weighted by Gasteiger charge is 2.33. The number of para-hydroxylation sites is 1. The van der Waals surface area contributed by atoms with Crippen molar-refractivity contribution in [2.45, 2.75) is 23.8 Å². The van der Waals surface area contributed by atoms with Crippen molar-refractivity contribution in [2.75, 3.05) is 12.8 Å². The van der Waals surface area contributed by atoms with Crippen LogP contribution >= 0.6 is 34.7 Å². The highest BCUT2D eigenvalue weighted by molar-refractivity contribution is 7.98. The summed E-state index contributed by atoms with van der Waals surface area (Å²) < 4.78 is 1.17. The second kappa shape index (κ2) is 6.98. The van der Waals surface area contributed by atoms with Crippen LogP contribution < -0.4 is 0 Å². The number of rotatable bonds is 3. The number of thioether (sulfide) groups is 1. The van der Waals surface area contributed by atoms with Gasteiger partial charge in [0.25, 0.3) is 5.91 Å². The van der Waals surface area contributed by atoms with Crippen LogP contribution in [-0.4, -0.2) is 28.6 Å². The molecule has 128 valence electrons.